The Balaban J connectivity index is 0.00000208. The lowest BCUT2D eigenvalue weighted by molar-refractivity contribution is -0.134. The molecule has 0 radical (unpaired) electrons. The molecule has 0 heterocycles. The van der Waals surface area contributed by atoms with Gasteiger partial charge in [0.25, 0.3) is 0 Å². The highest BCUT2D eigenvalue weighted by Crippen LogP contribution is 2.28. The van der Waals surface area contributed by atoms with Crippen LogP contribution in [0, 0.1) is 0 Å². The van der Waals surface area contributed by atoms with E-state index in [1.54, 1.807) is 0 Å². The van der Waals surface area contributed by atoms with Crippen LogP contribution in [0.1, 0.15) is 44.1 Å². The zero-order chi connectivity index (χ0) is 16.1. The SMILES string of the molecule is Cl.NCCCC(=O)N(Cc1cccc2ccccc12)C1CCCC1. The molecule has 0 bridgehead atoms. The highest BCUT2D eigenvalue weighted by atomic mass is 35.5. The van der Waals surface area contributed by atoms with Crippen LogP contribution in [0.2, 0.25) is 0 Å². The minimum atomic E-state index is 0. The molecule has 2 aromatic rings. The number of fused-ring (bicyclic) bond motifs is 1. The van der Waals surface area contributed by atoms with E-state index in [1.807, 2.05) is 0 Å². The summed E-state index contributed by atoms with van der Waals surface area (Å²) in [5.74, 6) is 0.260. The second kappa shape index (κ2) is 9.05. The van der Waals surface area contributed by atoms with Crippen LogP contribution in [0.5, 0.6) is 0 Å². The van der Waals surface area contributed by atoms with Crippen LogP contribution < -0.4 is 5.73 Å². The number of amides is 1. The normalized spacial score (nSPS) is 14.5. The van der Waals surface area contributed by atoms with E-state index < -0.39 is 0 Å². The fraction of sp³-hybridized carbons (Fsp3) is 0.450. The van der Waals surface area contributed by atoms with Crippen molar-refractivity contribution in [3.63, 3.8) is 0 Å². The van der Waals surface area contributed by atoms with Gasteiger partial charge in [-0.15, -0.1) is 12.4 Å². The molecule has 0 saturated heterocycles. The molecule has 130 valence electrons. The minimum absolute atomic E-state index is 0. The number of carbonyl (C=O) groups is 1. The maximum absolute atomic E-state index is 12.7. The van der Waals surface area contributed by atoms with E-state index >= 15 is 0 Å². The van der Waals surface area contributed by atoms with Crippen molar-refractivity contribution in [3.8, 4) is 0 Å². The van der Waals surface area contributed by atoms with Crippen LogP contribution in [-0.4, -0.2) is 23.4 Å². The van der Waals surface area contributed by atoms with Crippen LogP contribution in [-0.2, 0) is 11.3 Å². The molecule has 4 heteroatoms. The largest absolute Gasteiger partial charge is 0.335 e. The lowest BCUT2D eigenvalue weighted by Gasteiger charge is -2.30. The lowest BCUT2D eigenvalue weighted by Crippen LogP contribution is -2.38. The maximum atomic E-state index is 12.7. The van der Waals surface area contributed by atoms with Crippen LogP contribution in [0.15, 0.2) is 42.5 Å². The highest BCUT2D eigenvalue weighted by Gasteiger charge is 2.26. The molecule has 1 aliphatic rings. The van der Waals surface area contributed by atoms with Gasteiger partial charge >= 0.3 is 0 Å². The summed E-state index contributed by atoms with van der Waals surface area (Å²) in [5.41, 5.74) is 6.83. The summed E-state index contributed by atoms with van der Waals surface area (Å²) in [5, 5.41) is 2.50. The Kier molecular flexibility index (Phi) is 7.07. The first kappa shape index (κ1) is 18.8. The molecule has 0 unspecified atom stereocenters. The monoisotopic (exact) mass is 346 g/mol. The van der Waals surface area contributed by atoms with Gasteiger partial charge in [0.05, 0.1) is 0 Å². The Hall–Kier alpha value is -1.58. The number of carbonyl (C=O) groups excluding carboxylic acids is 1. The molecule has 0 spiro atoms. The number of rotatable bonds is 6. The van der Waals surface area contributed by atoms with Gasteiger partial charge in [0.1, 0.15) is 0 Å². The van der Waals surface area contributed by atoms with Crippen molar-refractivity contribution in [2.75, 3.05) is 6.54 Å². The molecule has 3 nitrogen and oxygen atoms in total. The zero-order valence-corrected chi connectivity index (χ0v) is 14.9. The topological polar surface area (TPSA) is 46.3 Å². The van der Waals surface area contributed by atoms with Crippen molar-refractivity contribution in [2.45, 2.75) is 51.1 Å². The van der Waals surface area contributed by atoms with Gasteiger partial charge in [-0.3, -0.25) is 4.79 Å². The maximum Gasteiger partial charge on any atom is 0.223 e. The lowest BCUT2D eigenvalue weighted by atomic mass is 10.0. The van der Waals surface area contributed by atoms with Crippen LogP contribution >= 0.6 is 12.4 Å². The predicted molar refractivity (Wildman–Crippen MR) is 102 cm³/mol. The second-order valence-corrected chi connectivity index (χ2v) is 6.49. The third-order valence-electron chi connectivity index (χ3n) is 4.90. The summed E-state index contributed by atoms with van der Waals surface area (Å²) in [4.78, 5) is 14.8. The predicted octanol–water partition coefficient (Wildman–Crippen LogP) is 4.27. The number of nitrogens with two attached hydrogens (primary N) is 1. The Bertz CT molecular complexity index is 662. The summed E-state index contributed by atoms with van der Waals surface area (Å²) >= 11 is 0. The fourth-order valence-electron chi connectivity index (χ4n) is 3.65. The minimum Gasteiger partial charge on any atom is -0.335 e. The van der Waals surface area contributed by atoms with Crippen molar-refractivity contribution in [3.05, 3.63) is 48.0 Å². The van der Waals surface area contributed by atoms with Crippen molar-refractivity contribution in [1.29, 1.82) is 0 Å². The zero-order valence-electron chi connectivity index (χ0n) is 14.1. The van der Waals surface area contributed by atoms with Gasteiger partial charge in [0, 0.05) is 19.0 Å². The Morgan fingerprint density at radius 3 is 2.54 bits per heavy atom. The van der Waals surface area contributed by atoms with E-state index in [0.29, 0.717) is 19.0 Å². The second-order valence-electron chi connectivity index (χ2n) is 6.49. The van der Waals surface area contributed by atoms with Crippen molar-refractivity contribution in [2.24, 2.45) is 5.73 Å². The van der Waals surface area contributed by atoms with Crippen LogP contribution in [0.3, 0.4) is 0 Å². The standard InChI is InChI=1S/C20H26N2O.ClH/c21-14-6-13-20(23)22(18-10-2-3-11-18)15-17-9-5-8-16-7-1-4-12-19(16)17;/h1,4-5,7-9,12,18H,2-3,6,10-11,13-15,21H2;1H. The molecule has 0 aliphatic heterocycles. The molecule has 1 saturated carbocycles. The molecule has 1 amide bonds. The van der Waals surface area contributed by atoms with E-state index in [2.05, 4.69) is 47.4 Å². The first-order valence-electron chi connectivity index (χ1n) is 8.76. The highest BCUT2D eigenvalue weighted by molar-refractivity contribution is 5.86. The van der Waals surface area contributed by atoms with Gasteiger partial charge in [-0.2, -0.15) is 0 Å². The Morgan fingerprint density at radius 1 is 1.08 bits per heavy atom. The summed E-state index contributed by atoms with van der Waals surface area (Å²) in [6.45, 7) is 1.30. The van der Waals surface area contributed by atoms with E-state index in [1.165, 1.54) is 29.2 Å². The summed E-state index contributed by atoms with van der Waals surface area (Å²) in [6.07, 6.45) is 6.09. The summed E-state index contributed by atoms with van der Waals surface area (Å²) < 4.78 is 0. The number of hydrogen-bond acceptors (Lipinski definition) is 2. The van der Waals surface area contributed by atoms with E-state index in [-0.39, 0.29) is 18.3 Å². The molecule has 0 aromatic heterocycles. The Morgan fingerprint density at radius 2 is 1.79 bits per heavy atom. The number of nitrogens with zero attached hydrogens (tertiary/aromatic N) is 1. The molecule has 2 aromatic carbocycles. The molecule has 1 aliphatic carbocycles. The summed E-state index contributed by atoms with van der Waals surface area (Å²) in [6, 6.07) is 15.2. The summed E-state index contributed by atoms with van der Waals surface area (Å²) in [7, 11) is 0. The smallest absolute Gasteiger partial charge is 0.223 e. The van der Waals surface area contributed by atoms with Crippen LogP contribution in [0.25, 0.3) is 10.8 Å². The van der Waals surface area contributed by atoms with Crippen LogP contribution in [0.4, 0.5) is 0 Å². The third kappa shape index (κ3) is 4.28. The average molecular weight is 347 g/mol. The average Bonchev–Trinajstić information content (AvgIpc) is 3.12. The van der Waals surface area contributed by atoms with E-state index in [0.717, 1.165) is 25.8 Å². The molecule has 0 atom stereocenters. The van der Waals surface area contributed by atoms with Gasteiger partial charge < -0.3 is 10.6 Å². The van der Waals surface area contributed by atoms with Gasteiger partial charge in [-0.05, 0) is 42.1 Å². The molecule has 2 N–H and O–H groups in total. The number of benzene rings is 2. The van der Waals surface area contributed by atoms with Gasteiger partial charge in [0.15, 0.2) is 0 Å². The van der Waals surface area contributed by atoms with Crippen molar-refractivity contribution < 1.29 is 4.79 Å². The van der Waals surface area contributed by atoms with Crippen molar-refractivity contribution in [1.82, 2.24) is 4.90 Å². The number of halogens is 1. The quantitative estimate of drug-likeness (QED) is 0.848. The van der Waals surface area contributed by atoms with Gasteiger partial charge in [0.2, 0.25) is 5.91 Å². The third-order valence-corrected chi connectivity index (χ3v) is 4.90. The van der Waals surface area contributed by atoms with Crippen molar-refractivity contribution >= 4 is 29.1 Å². The van der Waals surface area contributed by atoms with Gasteiger partial charge in [-0.1, -0.05) is 55.3 Å². The first-order valence-corrected chi connectivity index (χ1v) is 8.76. The number of hydrogen-bond donors (Lipinski definition) is 1. The van der Waals surface area contributed by atoms with E-state index in [9.17, 15) is 4.79 Å². The van der Waals surface area contributed by atoms with Gasteiger partial charge in [-0.25, -0.2) is 0 Å². The molecule has 3 rings (SSSR count). The first-order chi connectivity index (χ1) is 11.3. The molecular formula is C20H27ClN2O. The molecule has 24 heavy (non-hydrogen) atoms. The fourth-order valence-corrected chi connectivity index (χ4v) is 3.65. The van der Waals surface area contributed by atoms with E-state index in [4.69, 9.17) is 5.73 Å². The molecule has 1 fully saturated rings. The Labute approximate surface area is 150 Å². The molecular weight excluding hydrogens is 320 g/mol.